The Labute approximate surface area is 113 Å². The predicted octanol–water partition coefficient (Wildman–Crippen LogP) is 3.11. The first-order valence-corrected chi connectivity index (χ1v) is 7.42. The van der Waals surface area contributed by atoms with Crippen LogP contribution in [0.2, 0.25) is 0 Å². The van der Waals surface area contributed by atoms with Gasteiger partial charge in [-0.3, -0.25) is 0 Å². The van der Waals surface area contributed by atoms with Gasteiger partial charge in [-0.2, -0.15) is 0 Å². The molecule has 3 unspecified atom stereocenters. The summed E-state index contributed by atoms with van der Waals surface area (Å²) in [6, 6.07) is 0. The summed E-state index contributed by atoms with van der Waals surface area (Å²) in [5, 5.41) is 12.5. The summed E-state index contributed by atoms with van der Waals surface area (Å²) < 4.78 is 5.98. The number of aliphatic hydroxyl groups is 1. The number of ether oxygens (including phenoxy) is 1. The van der Waals surface area contributed by atoms with Gasteiger partial charge in [-0.05, 0) is 40.7 Å². The first-order valence-electron chi connectivity index (χ1n) is 7.42. The van der Waals surface area contributed by atoms with Gasteiger partial charge in [0.15, 0.2) is 0 Å². The van der Waals surface area contributed by atoms with E-state index in [-0.39, 0.29) is 18.2 Å². The smallest absolute Gasteiger partial charge is 0.0611 e. The van der Waals surface area contributed by atoms with Crippen molar-refractivity contribution in [2.24, 2.45) is 0 Å². The van der Waals surface area contributed by atoms with E-state index >= 15 is 0 Å². The second-order valence-corrected chi connectivity index (χ2v) is 5.78. The van der Waals surface area contributed by atoms with Gasteiger partial charge in [-0.25, -0.2) is 0 Å². The third kappa shape index (κ3) is 8.06. The lowest BCUT2D eigenvalue weighted by Crippen LogP contribution is -2.46. The molecular formula is C15H33NO2. The van der Waals surface area contributed by atoms with Gasteiger partial charge < -0.3 is 15.2 Å². The van der Waals surface area contributed by atoms with Gasteiger partial charge in [0, 0.05) is 5.54 Å². The van der Waals surface area contributed by atoms with Crippen molar-refractivity contribution in [1.82, 2.24) is 5.32 Å². The van der Waals surface area contributed by atoms with E-state index in [0.717, 1.165) is 12.8 Å². The van der Waals surface area contributed by atoms with Crippen LogP contribution in [0.15, 0.2) is 0 Å². The van der Waals surface area contributed by atoms with Crippen LogP contribution in [0.1, 0.15) is 66.2 Å². The molecular weight excluding hydrogens is 226 g/mol. The molecule has 0 heterocycles. The van der Waals surface area contributed by atoms with Crippen molar-refractivity contribution in [2.75, 3.05) is 13.7 Å². The predicted molar refractivity (Wildman–Crippen MR) is 77.9 cm³/mol. The summed E-state index contributed by atoms with van der Waals surface area (Å²) in [4.78, 5) is 0. The second kappa shape index (κ2) is 9.76. The molecule has 18 heavy (non-hydrogen) atoms. The van der Waals surface area contributed by atoms with Crippen molar-refractivity contribution in [3.63, 3.8) is 0 Å². The summed E-state index contributed by atoms with van der Waals surface area (Å²) in [7, 11) is 1.89. The molecule has 0 aromatic carbocycles. The van der Waals surface area contributed by atoms with Gasteiger partial charge in [-0.15, -0.1) is 0 Å². The number of rotatable bonds is 11. The van der Waals surface area contributed by atoms with E-state index in [2.05, 4.69) is 26.1 Å². The lowest BCUT2D eigenvalue weighted by molar-refractivity contribution is -0.0193. The van der Waals surface area contributed by atoms with E-state index in [1.54, 1.807) is 0 Å². The molecule has 2 N–H and O–H groups in total. The van der Waals surface area contributed by atoms with Crippen LogP contribution < -0.4 is 5.32 Å². The summed E-state index contributed by atoms with van der Waals surface area (Å²) in [6.07, 6.45) is 7.63. The van der Waals surface area contributed by atoms with E-state index < -0.39 is 0 Å². The quantitative estimate of drug-likeness (QED) is 0.560. The number of unbranched alkanes of at least 4 members (excludes halogenated alkanes) is 3. The molecule has 0 rings (SSSR count). The highest BCUT2D eigenvalue weighted by Crippen LogP contribution is 2.17. The summed E-state index contributed by atoms with van der Waals surface area (Å²) >= 11 is 0. The highest BCUT2D eigenvalue weighted by Gasteiger charge is 2.24. The molecule has 0 aliphatic heterocycles. The molecule has 0 saturated heterocycles. The molecule has 0 aromatic heterocycles. The number of aliphatic hydroxyl groups excluding tert-OH is 1. The lowest BCUT2D eigenvalue weighted by atomic mass is 9.96. The Bertz CT molecular complexity index is 193. The summed E-state index contributed by atoms with van der Waals surface area (Å²) in [6.45, 7) is 8.64. The van der Waals surface area contributed by atoms with Crippen LogP contribution in [0, 0.1) is 0 Å². The topological polar surface area (TPSA) is 41.5 Å². The van der Waals surface area contributed by atoms with E-state index in [1.165, 1.54) is 25.7 Å². The molecule has 0 aromatic rings. The monoisotopic (exact) mass is 259 g/mol. The van der Waals surface area contributed by atoms with E-state index in [1.807, 2.05) is 14.0 Å². The zero-order valence-electron chi connectivity index (χ0n) is 13.0. The molecule has 0 amide bonds. The normalized spacial score (nSPS) is 18.3. The summed E-state index contributed by atoms with van der Waals surface area (Å²) in [5.74, 6) is 0. The molecule has 0 aliphatic carbocycles. The number of nitrogens with one attached hydrogen (secondary N) is 1. The average molecular weight is 259 g/mol. The Morgan fingerprint density at radius 2 is 1.83 bits per heavy atom. The van der Waals surface area contributed by atoms with Crippen LogP contribution in [0.3, 0.4) is 0 Å². The second-order valence-electron chi connectivity index (χ2n) is 5.78. The average Bonchev–Trinajstić information content (AvgIpc) is 2.34. The van der Waals surface area contributed by atoms with Crippen LogP contribution in [-0.4, -0.2) is 36.5 Å². The third-order valence-corrected chi connectivity index (χ3v) is 3.62. The van der Waals surface area contributed by atoms with Crippen molar-refractivity contribution >= 4 is 0 Å². The molecule has 110 valence electrons. The maximum Gasteiger partial charge on any atom is 0.0611 e. The number of hydrogen-bond donors (Lipinski definition) is 2. The molecule has 0 aliphatic rings. The van der Waals surface area contributed by atoms with Gasteiger partial charge in [-0.1, -0.05) is 32.6 Å². The Hall–Kier alpha value is -0.120. The zero-order chi connectivity index (χ0) is 14.0. The molecule has 0 fully saturated rings. The lowest BCUT2D eigenvalue weighted by Gasteiger charge is -2.31. The van der Waals surface area contributed by atoms with Crippen molar-refractivity contribution in [3.05, 3.63) is 0 Å². The Balaban J connectivity index is 3.82. The summed E-state index contributed by atoms with van der Waals surface area (Å²) in [5.41, 5.74) is -0.235. The molecule has 0 spiro atoms. The first kappa shape index (κ1) is 17.9. The van der Waals surface area contributed by atoms with Crippen LogP contribution in [0.25, 0.3) is 0 Å². The molecule has 3 nitrogen and oxygen atoms in total. The van der Waals surface area contributed by atoms with Crippen LogP contribution in [0.5, 0.6) is 0 Å². The van der Waals surface area contributed by atoms with E-state index in [9.17, 15) is 5.11 Å². The molecule has 0 bridgehead atoms. The SMILES string of the molecule is CCCCCCC(C)OC(C)CC(C)(CO)NC. The molecule has 0 radical (unpaired) electrons. The van der Waals surface area contributed by atoms with Gasteiger partial charge in [0.25, 0.3) is 0 Å². The standard InChI is InChI=1S/C15H33NO2/c1-6-7-8-9-10-13(2)18-14(3)11-15(4,12-17)16-5/h13-14,16-17H,6-12H2,1-5H3. The van der Waals surface area contributed by atoms with E-state index in [0.29, 0.717) is 6.10 Å². The number of hydrogen-bond acceptors (Lipinski definition) is 3. The Kier molecular flexibility index (Phi) is 9.70. The minimum absolute atomic E-state index is 0.141. The molecule has 3 heteroatoms. The van der Waals surface area contributed by atoms with Crippen molar-refractivity contribution < 1.29 is 9.84 Å². The number of likely N-dealkylation sites (N-methyl/N-ethyl adjacent to an activating group) is 1. The van der Waals surface area contributed by atoms with Crippen molar-refractivity contribution in [3.8, 4) is 0 Å². The van der Waals surface area contributed by atoms with Gasteiger partial charge in [0.1, 0.15) is 0 Å². The Morgan fingerprint density at radius 3 is 2.33 bits per heavy atom. The van der Waals surface area contributed by atoms with E-state index in [4.69, 9.17) is 4.74 Å². The maximum absolute atomic E-state index is 9.35. The Morgan fingerprint density at radius 1 is 1.17 bits per heavy atom. The zero-order valence-corrected chi connectivity index (χ0v) is 13.0. The molecule has 3 atom stereocenters. The minimum Gasteiger partial charge on any atom is -0.394 e. The van der Waals surface area contributed by atoms with Crippen LogP contribution >= 0.6 is 0 Å². The highest BCUT2D eigenvalue weighted by atomic mass is 16.5. The molecule has 0 saturated carbocycles. The largest absolute Gasteiger partial charge is 0.394 e. The highest BCUT2D eigenvalue weighted by molar-refractivity contribution is 4.83. The fourth-order valence-electron chi connectivity index (χ4n) is 2.25. The van der Waals surface area contributed by atoms with Gasteiger partial charge >= 0.3 is 0 Å². The van der Waals surface area contributed by atoms with Gasteiger partial charge in [0.05, 0.1) is 18.8 Å². The van der Waals surface area contributed by atoms with Crippen LogP contribution in [0.4, 0.5) is 0 Å². The van der Waals surface area contributed by atoms with Crippen molar-refractivity contribution in [2.45, 2.75) is 84.0 Å². The third-order valence-electron chi connectivity index (χ3n) is 3.62. The fourth-order valence-corrected chi connectivity index (χ4v) is 2.25. The maximum atomic E-state index is 9.35. The van der Waals surface area contributed by atoms with Gasteiger partial charge in [0.2, 0.25) is 0 Å². The van der Waals surface area contributed by atoms with Crippen molar-refractivity contribution in [1.29, 1.82) is 0 Å². The van der Waals surface area contributed by atoms with Crippen LogP contribution in [-0.2, 0) is 4.74 Å². The minimum atomic E-state index is -0.235. The first-order chi connectivity index (χ1) is 8.47. The fraction of sp³-hybridized carbons (Fsp3) is 1.00.